The van der Waals surface area contributed by atoms with Gasteiger partial charge < -0.3 is 0 Å². The van der Waals surface area contributed by atoms with Gasteiger partial charge in [0.15, 0.2) is 5.78 Å². The SMILES string of the molecule is Cc1csc(=O)n1CC(=O)c1cccc(Cl)c1. The highest BCUT2D eigenvalue weighted by atomic mass is 35.5. The van der Waals surface area contributed by atoms with Crippen LogP contribution in [0.2, 0.25) is 5.02 Å². The third-order valence-corrected chi connectivity index (χ3v) is 3.54. The van der Waals surface area contributed by atoms with E-state index in [4.69, 9.17) is 11.6 Å². The van der Waals surface area contributed by atoms with Gasteiger partial charge in [-0.1, -0.05) is 35.1 Å². The minimum atomic E-state index is -0.115. The molecular weight excluding hydrogens is 258 g/mol. The summed E-state index contributed by atoms with van der Waals surface area (Å²) in [6, 6.07) is 6.73. The van der Waals surface area contributed by atoms with E-state index in [1.54, 1.807) is 29.6 Å². The largest absolute Gasteiger partial charge is 0.307 e. The number of thiazole rings is 1. The first-order valence-electron chi connectivity index (χ1n) is 5.01. The van der Waals surface area contributed by atoms with Crippen molar-refractivity contribution in [2.24, 2.45) is 0 Å². The summed E-state index contributed by atoms with van der Waals surface area (Å²) in [6.07, 6.45) is 0. The molecule has 0 aliphatic rings. The van der Waals surface area contributed by atoms with E-state index in [1.807, 2.05) is 6.92 Å². The number of carbonyl (C=O) groups excluding carboxylic acids is 1. The van der Waals surface area contributed by atoms with Gasteiger partial charge in [-0.3, -0.25) is 14.2 Å². The fourth-order valence-corrected chi connectivity index (χ4v) is 2.42. The zero-order valence-corrected chi connectivity index (χ0v) is 10.7. The lowest BCUT2D eigenvalue weighted by atomic mass is 10.1. The fraction of sp³-hybridized carbons (Fsp3) is 0.167. The molecule has 88 valence electrons. The Labute approximate surface area is 107 Å². The molecule has 1 heterocycles. The number of nitrogens with zero attached hydrogens (tertiary/aromatic N) is 1. The second-order valence-corrected chi connectivity index (χ2v) is 4.92. The van der Waals surface area contributed by atoms with Gasteiger partial charge in [0.2, 0.25) is 0 Å². The summed E-state index contributed by atoms with van der Waals surface area (Å²) in [5.41, 5.74) is 1.32. The highest BCUT2D eigenvalue weighted by Gasteiger charge is 2.10. The van der Waals surface area contributed by atoms with Crippen molar-refractivity contribution in [3.8, 4) is 0 Å². The molecular formula is C12H10ClNO2S. The molecule has 0 N–H and O–H groups in total. The number of benzene rings is 1. The van der Waals surface area contributed by atoms with Crippen LogP contribution in [0, 0.1) is 6.92 Å². The smallest absolute Gasteiger partial charge is 0.296 e. The van der Waals surface area contributed by atoms with Crippen molar-refractivity contribution < 1.29 is 4.79 Å². The predicted molar refractivity (Wildman–Crippen MR) is 69.1 cm³/mol. The Balaban J connectivity index is 2.26. The van der Waals surface area contributed by atoms with Gasteiger partial charge in [0.05, 0.1) is 6.54 Å². The van der Waals surface area contributed by atoms with Gasteiger partial charge in [-0.05, 0) is 19.1 Å². The number of rotatable bonds is 3. The number of aryl methyl sites for hydroxylation is 1. The highest BCUT2D eigenvalue weighted by molar-refractivity contribution is 7.07. The third-order valence-electron chi connectivity index (χ3n) is 2.42. The van der Waals surface area contributed by atoms with Crippen molar-refractivity contribution in [3.63, 3.8) is 0 Å². The van der Waals surface area contributed by atoms with E-state index < -0.39 is 0 Å². The second-order valence-electron chi connectivity index (χ2n) is 3.66. The molecule has 0 fully saturated rings. The van der Waals surface area contributed by atoms with Crippen LogP contribution in [0.25, 0.3) is 0 Å². The molecule has 0 saturated carbocycles. The van der Waals surface area contributed by atoms with Crippen molar-refractivity contribution >= 4 is 28.7 Å². The molecule has 0 saturated heterocycles. The van der Waals surface area contributed by atoms with Gasteiger partial charge in [0, 0.05) is 21.7 Å². The second kappa shape index (κ2) is 4.85. The van der Waals surface area contributed by atoms with E-state index in [2.05, 4.69) is 0 Å². The number of ketones is 1. The van der Waals surface area contributed by atoms with Crippen LogP contribution < -0.4 is 4.87 Å². The summed E-state index contributed by atoms with van der Waals surface area (Å²) in [5.74, 6) is -0.115. The van der Waals surface area contributed by atoms with Gasteiger partial charge in [0.1, 0.15) is 0 Å². The molecule has 0 amide bonds. The van der Waals surface area contributed by atoms with Crippen LogP contribution in [0.3, 0.4) is 0 Å². The van der Waals surface area contributed by atoms with Crippen LogP contribution in [0.5, 0.6) is 0 Å². The first-order valence-corrected chi connectivity index (χ1v) is 6.27. The topological polar surface area (TPSA) is 39.1 Å². The molecule has 2 aromatic rings. The van der Waals surface area contributed by atoms with Crippen LogP contribution in [0.1, 0.15) is 16.1 Å². The van der Waals surface area contributed by atoms with Gasteiger partial charge in [0.25, 0.3) is 0 Å². The quantitative estimate of drug-likeness (QED) is 0.802. The Morgan fingerprint density at radius 3 is 2.82 bits per heavy atom. The van der Waals surface area contributed by atoms with E-state index in [1.165, 1.54) is 4.57 Å². The highest BCUT2D eigenvalue weighted by Crippen LogP contribution is 2.12. The maximum atomic E-state index is 12.0. The molecule has 0 bridgehead atoms. The molecule has 1 aromatic carbocycles. The van der Waals surface area contributed by atoms with Gasteiger partial charge in [-0.25, -0.2) is 0 Å². The molecule has 1 aromatic heterocycles. The third kappa shape index (κ3) is 2.65. The average molecular weight is 268 g/mol. The maximum absolute atomic E-state index is 12.0. The molecule has 2 rings (SSSR count). The molecule has 0 radical (unpaired) electrons. The summed E-state index contributed by atoms with van der Waals surface area (Å²) in [6.45, 7) is 1.87. The molecule has 5 heteroatoms. The van der Waals surface area contributed by atoms with Crippen LogP contribution in [-0.4, -0.2) is 10.4 Å². The van der Waals surface area contributed by atoms with Crippen molar-refractivity contribution in [1.29, 1.82) is 0 Å². The van der Waals surface area contributed by atoms with Crippen LogP contribution in [0.4, 0.5) is 0 Å². The lowest BCUT2D eigenvalue weighted by molar-refractivity contribution is 0.0970. The van der Waals surface area contributed by atoms with E-state index in [0.29, 0.717) is 10.6 Å². The minimum Gasteiger partial charge on any atom is -0.296 e. The molecule has 0 aliphatic carbocycles. The normalized spacial score (nSPS) is 10.5. The average Bonchev–Trinajstić information content (AvgIpc) is 2.61. The summed E-state index contributed by atoms with van der Waals surface area (Å²) in [5, 5.41) is 2.26. The summed E-state index contributed by atoms with van der Waals surface area (Å²) in [7, 11) is 0. The number of hydrogen-bond donors (Lipinski definition) is 0. The van der Waals surface area contributed by atoms with E-state index >= 15 is 0 Å². The van der Waals surface area contributed by atoms with Crippen molar-refractivity contribution in [2.75, 3.05) is 0 Å². The molecule has 0 aliphatic heterocycles. The standard InChI is InChI=1S/C12H10ClNO2S/c1-8-7-17-12(16)14(8)6-11(15)9-3-2-4-10(13)5-9/h2-5,7H,6H2,1H3. The zero-order chi connectivity index (χ0) is 12.4. The Hall–Kier alpha value is -1.39. The molecule has 3 nitrogen and oxygen atoms in total. The molecule has 0 spiro atoms. The first-order chi connectivity index (χ1) is 8.08. The Bertz CT molecular complexity index is 615. The lowest BCUT2D eigenvalue weighted by Crippen LogP contribution is -2.20. The molecule has 0 atom stereocenters. The number of carbonyl (C=O) groups is 1. The van der Waals surface area contributed by atoms with Crippen LogP contribution >= 0.6 is 22.9 Å². The van der Waals surface area contributed by atoms with Crippen molar-refractivity contribution in [1.82, 2.24) is 4.57 Å². The number of Topliss-reactive ketones (excluding diaryl/α,β-unsaturated/α-hetero) is 1. The number of halogens is 1. The summed E-state index contributed by atoms with van der Waals surface area (Å²) >= 11 is 6.92. The lowest BCUT2D eigenvalue weighted by Gasteiger charge is -2.04. The van der Waals surface area contributed by atoms with Crippen molar-refractivity contribution in [2.45, 2.75) is 13.5 Å². The Morgan fingerprint density at radius 2 is 2.24 bits per heavy atom. The van der Waals surface area contributed by atoms with E-state index in [-0.39, 0.29) is 17.2 Å². The van der Waals surface area contributed by atoms with Crippen molar-refractivity contribution in [3.05, 3.63) is 55.6 Å². The first kappa shape index (κ1) is 12.1. The molecule has 17 heavy (non-hydrogen) atoms. The summed E-state index contributed by atoms with van der Waals surface area (Å²) in [4.78, 5) is 23.3. The predicted octanol–water partition coefficient (Wildman–Crippen LogP) is 2.75. The Kier molecular flexibility index (Phi) is 3.45. The van der Waals surface area contributed by atoms with Gasteiger partial charge in [-0.15, -0.1) is 0 Å². The zero-order valence-electron chi connectivity index (χ0n) is 9.14. The molecule has 0 unspecified atom stereocenters. The number of hydrogen-bond acceptors (Lipinski definition) is 3. The summed E-state index contributed by atoms with van der Waals surface area (Å²) < 4.78 is 1.47. The van der Waals surface area contributed by atoms with E-state index in [9.17, 15) is 9.59 Å². The monoisotopic (exact) mass is 267 g/mol. The van der Waals surface area contributed by atoms with Crippen LogP contribution in [-0.2, 0) is 6.54 Å². The minimum absolute atomic E-state index is 0.0640. The fourth-order valence-electron chi connectivity index (χ4n) is 1.49. The maximum Gasteiger partial charge on any atom is 0.307 e. The number of aromatic nitrogens is 1. The Morgan fingerprint density at radius 1 is 1.47 bits per heavy atom. The van der Waals surface area contributed by atoms with E-state index in [0.717, 1.165) is 17.0 Å². The van der Waals surface area contributed by atoms with Gasteiger partial charge >= 0.3 is 4.87 Å². The van der Waals surface area contributed by atoms with Gasteiger partial charge in [-0.2, -0.15) is 0 Å². The van der Waals surface area contributed by atoms with Crippen LogP contribution in [0.15, 0.2) is 34.4 Å².